The Morgan fingerprint density at radius 1 is 1.50 bits per heavy atom. The summed E-state index contributed by atoms with van der Waals surface area (Å²) in [4.78, 5) is 13.5. The molecule has 0 aliphatic heterocycles. The average molecular weight is 253 g/mol. The maximum absolute atomic E-state index is 13.4. The molecule has 18 heavy (non-hydrogen) atoms. The molecule has 0 fully saturated rings. The maximum Gasteiger partial charge on any atom is 0.322 e. The molecule has 5 heteroatoms. The second-order valence-electron chi connectivity index (χ2n) is 4.52. The van der Waals surface area contributed by atoms with Crippen LogP contribution in [-0.4, -0.2) is 30.1 Å². The molecule has 0 saturated carbocycles. The Balaban J connectivity index is 2.80. The summed E-state index contributed by atoms with van der Waals surface area (Å²) in [6, 6.07) is 5.70. The molecule has 0 heterocycles. The van der Waals surface area contributed by atoms with Gasteiger partial charge in [-0.25, -0.2) is 9.18 Å². The maximum atomic E-state index is 13.4. The van der Waals surface area contributed by atoms with Crippen molar-refractivity contribution in [2.45, 2.75) is 25.8 Å². The molecule has 0 aliphatic rings. The van der Waals surface area contributed by atoms with E-state index in [0.717, 1.165) is 6.42 Å². The molecule has 1 unspecified atom stereocenters. The Bertz CT molecular complexity index is 418. The number of nitrogens with one attached hydrogen (secondary N) is 1. The van der Waals surface area contributed by atoms with Crippen LogP contribution in [0.3, 0.4) is 0 Å². The van der Waals surface area contributed by atoms with Crippen LogP contribution in [0.4, 0.5) is 14.9 Å². The van der Waals surface area contributed by atoms with Crippen LogP contribution in [0, 0.1) is 5.82 Å². The minimum atomic E-state index is -0.454. The summed E-state index contributed by atoms with van der Waals surface area (Å²) in [5.41, 5.74) is 5.42. The third-order valence-electron chi connectivity index (χ3n) is 3.43. The van der Waals surface area contributed by atoms with E-state index in [2.05, 4.69) is 5.32 Å². The first-order valence-corrected chi connectivity index (χ1v) is 5.94. The van der Waals surface area contributed by atoms with E-state index in [0.29, 0.717) is 6.54 Å². The second-order valence-corrected chi connectivity index (χ2v) is 4.52. The van der Waals surface area contributed by atoms with Crippen molar-refractivity contribution in [2.24, 2.45) is 5.73 Å². The van der Waals surface area contributed by atoms with E-state index in [1.807, 2.05) is 13.8 Å². The number of benzene rings is 1. The fourth-order valence-electron chi connectivity index (χ4n) is 1.53. The molecule has 2 amide bonds. The van der Waals surface area contributed by atoms with Gasteiger partial charge in [-0.3, -0.25) is 0 Å². The number of nitrogens with two attached hydrogens (primary N) is 1. The van der Waals surface area contributed by atoms with Crippen molar-refractivity contribution in [3.05, 3.63) is 30.1 Å². The first-order chi connectivity index (χ1) is 8.44. The highest BCUT2D eigenvalue weighted by Gasteiger charge is 2.29. The molecular formula is C13H20FN3O. The summed E-state index contributed by atoms with van der Waals surface area (Å²) >= 11 is 0. The van der Waals surface area contributed by atoms with E-state index in [1.165, 1.54) is 17.0 Å². The van der Waals surface area contributed by atoms with Gasteiger partial charge < -0.3 is 16.0 Å². The highest BCUT2D eigenvalue weighted by Crippen LogP contribution is 2.19. The molecular weight excluding hydrogens is 233 g/mol. The van der Waals surface area contributed by atoms with Crippen LogP contribution in [0.1, 0.15) is 20.3 Å². The summed E-state index contributed by atoms with van der Waals surface area (Å²) in [6.07, 6.45) is 0.727. The number of para-hydroxylation sites is 1. The molecule has 1 rings (SSSR count). The quantitative estimate of drug-likeness (QED) is 0.865. The molecule has 3 N–H and O–H groups in total. The number of hydrogen-bond acceptors (Lipinski definition) is 2. The molecule has 0 spiro atoms. The zero-order chi connectivity index (χ0) is 13.8. The number of nitrogens with zero attached hydrogens (tertiary/aromatic N) is 1. The monoisotopic (exact) mass is 253 g/mol. The second kappa shape index (κ2) is 5.82. The number of anilines is 1. The van der Waals surface area contributed by atoms with Gasteiger partial charge in [-0.1, -0.05) is 19.1 Å². The SMILES string of the molecule is CCC(C)(CN)N(C)C(=O)Nc1ccccc1F. The number of carbonyl (C=O) groups excluding carboxylic acids is 1. The van der Waals surface area contributed by atoms with Gasteiger partial charge in [0.25, 0.3) is 0 Å². The number of rotatable bonds is 4. The predicted molar refractivity (Wildman–Crippen MR) is 70.9 cm³/mol. The van der Waals surface area contributed by atoms with Crippen molar-refractivity contribution in [1.82, 2.24) is 4.90 Å². The Hall–Kier alpha value is -1.62. The summed E-state index contributed by atoms with van der Waals surface area (Å²) < 4.78 is 13.4. The summed E-state index contributed by atoms with van der Waals surface area (Å²) in [6.45, 7) is 4.21. The number of amides is 2. The number of carbonyl (C=O) groups is 1. The van der Waals surface area contributed by atoms with Crippen LogP contribution in [0.2, 0.25) is 0 Å². The van der Waals surface area contributed by atoms with Gasteiger partial charge in [-0.2, -0.15) is 0 Å². The zero-order valence-electron chi connectivity index (χ0n) is 11.0. The van der Waals surface area contributed by atoms with Crippen LogP contribution in [0.5, 0.6) is 0 Å². The van der Waals surface area contributed by atoms with Gasteiger partial charge in [-0.15, -0.1) is 0 Å². The number of hydrogen-bond donors (Lipinski definition) is 2. The molecule has 0 bridgehead atoms. The molecule has 1 atom stereocenters. The standard InChI is InChI=1S/C13H20FN3O/c1-4-13(2,9-15)17(3)12(18)16-11-8-6-5-7-10(11)14/h5-8H,4,9,15H2,1-3H3,(H,16,18). The normalized spacial score (nSPS) is 13.8. The van der Waals surface area contributed by atoms with Crippen LogP contribution < -0.4 is 11.1 Å². The van der Waals surface area contributed by atoms with Gasteiger partial charge in [-0.05, 0) is 25.5 Å². The van der Waals surface area contributed by atoms with Crippen molar-refractivity contribution in [2.75, 3.05) is 18.9 Å². The van der Waals surface area contributed by atoms with Gasteiger partial charge >= 0.3 is 6.03 Å². The van der Waals surface area contributed by atoms with E-state index in [1.54, 1.807) is 19.2 Å². The topological polar surface area (TPSA) is 58.4 Å². The van der Waals surface area contributed by atoms with Gasteiger partial charge in [0, 0.05) is 13.6 Å². The first-order valence-electron chi connectivity index (χ1n) is 5.94. The number of likely N-dealkylation sites (N-methyl/N-ethyl adjacent to an activating group) is 1. The average Bonchev–Trinajstić information content (AvgIpc) is 2.39. The Kier molecular flexibility index (Phi) is 4.67. The molecule has 0 aliphatic carbocycles. The van der Waals surface area contributed by atoms with Gasteiger partial charge in [0.1, 0.15) is 5.82 Å². The smallest absolute Gasteiger partial charge is 0.322 e. The minimum Gasteiger partial charge on any atom is -0.328 e. The van der Waals surface area contributed by atoms with E-state index < -0.39 is 11.4 Å². The molecule has 100 valence electrons. The highest BCUT2D eigenvalue weighted by molar-refractivity contribution is 5.89. The van der Waals surface area contributed by atoms with E-state index in [4.69, 9.17) is 5.73 Å². The van der Waals surface area contributed by atoms with Gasteiger partial charge in [0.2, 0.25) is 0 Å². The van der Waals surface area contributed by atoms with E-state index in [9.17, 15) is 9.18 Å². The largest absolute Gasteiger partial charge is 0.328 e. The third kappa shape index (κ3) is 2.98. The lowest BCUT2D eigenvalue weighted by atomic mass is 9.97. The molecule has 0 aromatic heterocycles. The lowest BCUT2D eigenvalue weighted by molar-refractivity contribution is 0.157. The van der Waals surface area contributed by atoms with E-state index >= 15 is 0 Å². The Labute approximate surface area is 107 Å². The van der Waals surface area contributed by atoms with Crippen LogP contribution in [-0.2, 0) is 0 Å². The molecule has 0 radical (unpaired) electrons. The van der Waals surface area contributed by atoms with Crippen LogP contribution in [0.25, 0.3) is 0 Å². The van der Waals surface area contributed by atoms with Crippen molar-refractivity contribution >= 4 is 11.7 Å². The summed E-state index contributed by atoms with van der Waals surface area (Å²) in [5.74, 6) is -0.454. The number of halogens is 1. The van der Waals surface area contributed by atoms with Gasteiger partial charge in [0.05, 0.1) is 11.2 Å². The summed E-state index contributed by atoms with van der Waals surface area (Å²) in [7, 11) is 1.66. The lowest BCUT2D eigenvalue weighted by Crippen LogP contribution is -2.53. The third-order valence-corrected chi connectivity index (χ3v) is 3.43. The fraction of sp³-hybridized carbons (Fsp3) is 0.462. The van der Waals surface area contributed by atoms with Crippen molar-refractivity contribution < 1.29 is 9.18 Å². The van der Waals surface area contributed by atoms with Gasteiger partial charge in [0.15, 0.2) is 0 Å². The lowest BCUT2D eigenvalue weighted by Gasteiger charge is -2.37. The van der Waals surface area contributed by atoms with E-state index in [-0.39, 0.29) is 11.7 Å². The molecule has 1 aromatic carbocycles. The van der Waals surface area contributed by atoms with Crippen LogP contribution >= 0.6 is 0 Å². The molecule has 0 saturated heterocycles. The van der Waals surface area contributed by atoms with Crippen LogP contribution in [0.15, 0.2) is 24.3 Å². The Morgan fingerprint density at radius 3 is 2.61 bits per heavy atom. The Morgan fingerprint density at radius 2 is 2.11 bits per heavy atom. The first kappa shape index (κ1) is 14.4. The highest BCUT2D eigenvalue weighted by atomic mass is 19.1. The summed E-state index contributed by atoms with van der Waals surface area (Å²) in [5, 5.41) is 2.54. The van der Waals surface area contributed by atoms with Crippen molar-refractivity contribution in [3.63, 3.8) is 0 Å². The molecule has 1 aromatic rings. The zero-order valence-corrected chi connectivity index (χ0v) is 11.0. The minimum absolute atomic E-state index is 0.171. The van der Waals surface area contributed by atoms with Crippen molar-refractivity contribution in [1.29, 1.82) is 0 Å². The number of urea groups is 1. The van der Waals surface area contributed by atoms with Crippen molar-refractivity contribution in [3.8, 4) is 0 Å². The predicted octanol–water partition coefficient (Wildman–Crippen LogP) is 2.42. The molecule has 4 nitrogen and oxygen atoms in total. The fourth-order valence-corrected chi connectivity index (χ4v) is 1.53.